The molecule has 0 saturated heterocycles. The Kier molecular flexibility index (Phi) is 6.12. The molecule has 2 aromatic rings. The lowest BCUT2D eigenvalue weighted by molar-refractivity contribution is -0.126. The summed E-state index contributed by atoms with van der Waals surface area (Å²) in [6.07, 6.45) is 0.661. The first-order valence-electron chi connectivity index (χ1n) is 6.67. The lowest BCUT2D eigenvalue weighted by atomic mass is 10.2. The van der Waals surface area contributed by atoms with Gasteiger partial charge in [-0.25, -0.2) is 4.39 Å². The largest absolute Gasteiger partial charge is 0.383 e. The summed E-state index contributed by atoms with van der Waals surface area (Å²) in [6.45, 7) is 1.55. The van der Waals surface area contributed by atoms with Crippen molar-refractivity contribution in [2.45, 2.75) is 13.0 Å². The number of hydrogen-bond acceptors (Lipinski definition) is 3. The molecular weight excluding hydrogens is 387 g/mol. The van der Waals surface area contributed by atoms with Crippen LogP contribution >= 0.6 is 27.5 Å². The first-order valence-corrected chi connectivity index (χ1v) is 7.84. The number of anilines is 1. The molecule has 0 aliphatic heterocycles. The van der Waals surface area contributed by atoms with Gasteiger partial charge in [0.25, 0.3) is 5.91 Å². The van der Waals surface area contributed by atoms with E-state index < -0.39 is 17.8 Å². The molecule has 2 rings (SSSR count). The second-order valence-electron chi connectivity index (χ2n) is 4.62. The molecule has 0 aliphatic rings. The third-order valence-corrected chi connectivity index (χ3v) is 3.91. The average molecular weight is 400 g/mol. The lowest BCUT2D eigenvalue weighted by Gasteiger charge is -2.11. The van der Waals surface area contributed by atoms with E-state index in [1.165, 1.54) is 18.3 Å². The van der Waals surface area contributed by atoms with Gasteiger partial charge in [0.2, 0.25) is 6.10 Å². The molecular formula is C16H13BrClFN2O2. The first kappa shape index (κ1) is 17.4. The molecule has 0 aromatic heterocycles. The van der Waals surface area contributed by atoms with Gasteiger partial charge in [-0.3, -0.25) is 4.79 Å². The second kappa shape index (κ2) is 8.08. The van der Waals surface area contributed by atoms with E-state index in [9.17, 15) is 9.18 Å². The molecule has 4 nitrogen and oxygen atoms in total. The van der Waals surface area contributed by atoms with Gasteiger partial charge >= 0.3 is 0 Å². The van der Waals surface area contributed by atoms with Crippen LogP contribution in [-0.4, -0.2) is 18.2 Å². The standard InChI is InChI=1S/C16H13BrClFN2O2/c1-10(23-20-9-11-4-2-3-5-13(11)17)16(22)21-15-7-6-12(19)8-14(15)18/h2-10H,1H3,(H,21,22)/b20-9-/t10-/m0/s1. The number of halogens is 3. The van der Waals surface area contributed by atoms with Gasteiger partial charge < -0.3 is 10.2 Å². The Morgan fingerprint density at radius 1 is 1.39 bits per heavy atom. The van der Waals surface area contributed by atoms with Crippen molar-refractivity contribution in [1.29, 1.82) is 0 Å². The summed E-state index contributed by atoms with van der Waals surface area (Å²) in [5.41, 5.74) is 1.13. The van der Waals surface area contributed by atoms with E-state index in [1.807, 2.05) is 24.3 Å². The average Bonchev–Trinajstić information content (AvgIpc) is 2.51. The van der Waals surface area contributed by atoms with Crippen LogP contribution in [0, 0.1) is 5.82 Å². The molecule has 0 aliphatic carbocycles. The summed E-state index contributed by atoms with van der Waals surface area (Å²) in [6, 6.07) is 11.2. The van der Waals surface area contributed by atoms with Crippen LogP contribution in [0.2, 0.25) is 5.02 Å². The van der Waals surface area contributed by atoms with E-state index in [4.69, 9.17) is 16.4 Å². The van der Waals surface area contributed by atoms with Gasteiger partial charge in [-0.2, -0.15) is 0 Å². The number of amides is 1. The molecule has 0 saturated carbocycles. The summed E-state index contributed by atoms with van der Waals surface area (Å²) in [5, 5.41) is 6.46. The smallest absolute Gasteiger partial charge is 0.268 e. The highest BCUT2D eigenvalue weighted by molar-refractivity contribution is 9.10. The number of oxime groups is 1. The normalized spacial score (nSPS) is 12.2. The minimum Gasteiger partial charge on any atom is -0.383 e. The summed E-state index contributed by atoms with van der Waals surface area (Å²) < 4.78 is 13.8. The van der Waals surface area contributed by atoms with Crippen molar-refractivity contribution in [3.8, 4) is 0 Å². The number of carbonyl (C=O) groups is 1. The van der Waals surface area contributed by atoms with E-state index in [0.717, 1.165) is 16.1 Å². The second-order valence-corrected chi connectivity index (χ2v) is 5.88. The topological polar surface area (TPSA) is 50.7 Å². The Morgan fingerprint density at radius 3 is 2.83 bits per heavy atom. The molecule has 7 heteroatoms. The molecule has 120 valence electrons. The zero-order valence-electron chi connectivity index (χ0n) is 12.1. The molecule has 0 spiro atoms. The molecule has 1 amide bonds. The molecule has 0 heterocycles. The Labute approximate surface area is 146 Å². The zero-order valence-corrected chi connectivity index (χ0v) is 14.4. The summed E-state index contributed by atoms with van der Waals surface area (Å²) in [4.78, 5) is 17.1. The zero-order chi connectivity index (χ0) is 16.8. The SMILES string of the molecule is C[C@H](O/N=C\c1ccccc1Br)C(=O)Nc1ccc(F)cc1Cl. The highest BCUT2D eigenvalue weighted by atomic mass is 79.9. The Bertz CT molecular complexity index is 740. The quantitative estimate of drug-likeness (QED) is 0.589. The van der Waals surface area contributed by atoms with E-state index in [0.29, 0.717) is 5.69 Å². The summed E-state index contributed by atoms with van der Waals surface area (Å²) in [7, 11) is 0. The van der Waals surface area contributed by atoms with Crippen LogP contribution in [0.15, 0.2) is 52.1 Å². The molecule has 1 N–H and O–H groups in total. The number of nitrogens with one attached hydrogen (secondary N) is 1. The van der Waals surface area contributed by atoms with E-state index in [-0.39, 0.29) is 5.02 Å². The van der Waals surface area contributed by atoms with E-state index in [1.54, 1.807) is 6.92 Å². The fourth-order valence-electron chi connectivity index (χ4n) is 1.63. The van der Waals surface area contributed by atoms with Crippen molar-refractivity contribution in [3.63, 3.8) is 0 Å². The van der Waals surface area contributed by atoms with Gasteiger partial charge in [-0.05, 0) is 31.2 Å². The van der Waals surface area contributed by atoms with E-state index >= 15 is 0 Å². The van der Waals surface area contributed by atoms with Crippen LogP contribution in [0.25, 0.3) is 0 Å². The van der Waals surface area contributed by atoms with Crippen molar-refractivity contribution in [1.82, 2.24) is 0 Å². The molecule has 0 radical (unpaired) electrons. The van der Waals surface area contributed by atoms with Crippen molar-refractivity contribution >= 4 is 45.3 Å². The maximum absolute atomic E-state index is 13.0. The van der Waals surface area contributed by atoms with Crippen molar-refractivity contribution in [2.75, 3.05) is 5.32 Å². The predicted octanol–water partition coefficient (Wildman–Crippen LogP) is 4.62. The summed E-state index contributed by atoms with van der Waals surface area (Å²) >= 11 is 9.23. The predicted molar refractivity (Wildman–Crippen MR) is 92.3 cm³/mol. The minimum absolute atomic E-state index is 0.113. The summed E-state index contributed by atoms with van der Waals surface area (Å²) in [5.74, 6) is -0.918. The number of benzene rings is 2. The van der Waals surface area contributed by atoms with Crippen molar-refractivity contribution in [2.24, 2.45) is 5.16 Å². The van der Waals surface area contributed by atoms with Gasteiger partial charge in [0.1, 0.15) is 5.82 Å². The van der Waals surface area contributed by atoms with Crippen LogP contribution in [-0.2, 0) is 9.63 Å². The number of rotatable bonds is 5. The van der Waals surface area contributed by atoms with Crippen molar-refractivity contribution < 1.29 is 14.0 Å². The lowest BCUT2D eigenvalue weighted by Crippen LogP contribution is -2.26. The van der Waals surface area contributed by atoms with Crippen LogP contribution in [0.5, 0.6) is 0 Å². The maximum Gasteiger partial charge on any atom is 0.268 e. The minimum atomic E-state index is -0.838. The van der Waals surface area contributed by atoms with Crippen LogP contribution < -0.4 is 5.32 Å². The Balaban J connectivity index is 1.94. The van der Waals surface area contributed by atoms with Gasteiger partial charge in [0, 0.05) is 10.0 Å². The third kappa shape index (κ3) is 5.04. The monoisotopic (exact) mass is 398 g/mol. The molecule has 23 heavy (non-hydrogen) atoms. The highest BCUT2D eigenvalue weighted by Gasteiger charge is 2.15. The Morgan fingerprint density at radius 2 is 2.13 bits per heavy atom. The first-order chi connectivity index (χ1) is 11.0. The molecule has 2 aromatic carbocycles. The van der Waals surface area contributed by atoms with Crippen LogP contribution in [0.1, 0.15) is 12.5 Å². The van der Waals surface area contributed by atoms with Gasteiger partial charge in [0.05, 0.1) is 16.9 Å². The molecule has 0 unspecified atom stereocenters. The van der Waals surface area contributed by atoms with Crippen LogP contribution in [0.4, 0.5) is 10.1 Å². The van der Waals surface area contributed by atoms with Crippen LogP contribution in [0.3, 0.4) is 0 Å². The van der Waals surface area contributed by atoms with Crippen molar-refractivity contribution in [3.05, 3.63) is 63.3 Å². The number of hydrogen-bond donors (Lipinski definition) is 1. The maximum atomic E-state index is 13.0. The molecule has 0 fully saturated rings. The van der Waals surface area contributed by atoms with E-state index in [2.05, 4.69) is 26.4 Å². The fourth-order valence-corrected chi connectivity index (χ4v) is 2.23. The highest BCUT2D eigenvalue weighted by Crippen LogP contribution is 2.22. The Hall–Kier alpha value is -1.92. The van der Waals surface area contributed by atoms with Gasteiger partial charge in [0.15, 0.2) is 0 Å². The third-order valence-electron chi connectivity index (χ3n) is 2.87. The molecule has 0 bridgehead atoms. The van der Waals surface area contributed by atoms with Gasteiger partial charge in [-0.1, -0.05) is 50.9 Å². The fraction of sp³-hybridized carbons (Fsp3) is 0.125. The van der Waals surface area contributed by atoms with Gasteiger partial charge in [-0.15, -0.1) is 0 Å². The number of nitrogens with zero attached hydrogens (tertiary/aromatic N) is 1. The number of carbonyl (C=O) groups excluding carboxylic acids is 1. The molecule has 1 atom stereocenters.